The van der Waals surface area contributed by atoms with Gasteiger partial charge < -0.3 is 0 Å². The second kappa shape index (κ2) is 5.75. The smallest absolute Gasteiger partial charge is 0.0449 e. The predicted octanol–water partition coefficient (Wildman–Crippen LogP) is 5.69. The fraction of sp³-hybridized carbons (Fsp3) is 0.538. The van der Waals surface area contributed by atoms with Crippen LogP contribution in [-0.4, -0.2) is 5.38 Å². The zero-order chi connectivity index (χ0) is 12.3. The van der Waals surface area contributed by atoms with Crippen molar-refractivity contribution in [3.63, 3.8) is 0 Å². The molecule has 0 amide bonds. The molecule has 0 fully saturated rings. The summed E-state index contributed by atoms with van der Waals surface area (Å²) in [5.41, 5.74) is 1.31. The second-order valence-corrected chi connectivity index (χ2v) is 6.96. The molecule has 0 bridgehead atoms. The van der Waals surface area contributed by atoms with E-state index >= 15 is 0 Å². The van der Waals surface area contributed by atoms with Crippen LogP contribution in [0.3, 0.4) is 0 Å². The van der Waals surface area contributed by atoms with Crippen LogP contribution in [0.5, 0.6) is 0 Å². The summed E-state index contributed by atoms with van der Waals surface area (Å²) >= 11 is 15.9. The minimum Gasteiger partial charge on any atom is -0.122 e. The van der Waals surface area contributed by atoms with Crippen molar-refractivity contribution in [3.8, 4) is 0 Å². The Morgan fingerprint density at radius 1 is 1.31 bits per heavy atom. The summed E-state index contributed by atoms with van der Waals surface area (Å²) in [7, 11) is 0. The molecule has 90 valence electrons. The minimum absolute atomic E-state index is 0.142. The first-order valence-electron chi connectivity index (χ1n) is 5.38. The molecule has 0 aromatic heterocycles. The van der Waals surface area contributed by atoms with Gasteiger partial charge >= 0.3 is 0 Å². The Morgan fingerprint density at radius 3 is 2.44 bits per heavy atom. The first-order chi connectivity index (χ1) is 7.30. The van der Waals surface area contributed by atoms with Crippen LogP contribution in [-0.2, 0) is 6.42 Å². The minimum atomic E-state index is 0.142. The lowest BCUT2D eigenvalue weighted by Crippen LogP contribution is -2.21. The molecule has 0 nitrogen and oxygen atoms in total. The van der Waals surface area contributed by atoms with Crippen molar-refractivity contribution >= 4 is 39.1 Å². The lowest BCUT2D eigenvalue weighted by atomic mass is 9.88. The Kier molecular flexibility index (Phi) is 5.15. The predicted molar refractivity (Wildman–Crippen MR) is 76.6 cm³/mol. The van der Waals surface area contributed by atoms with Gasteiger partial charge in [-0.15, -0.1) is 11.6 Å². The largest absolute Gasteiger partial charge is 0.122 e. The number of hydrogen-bond acceptors (Lipinski definition) is 0. The average Bonchev–Trinajstić information content (AvgIpc) is 2.14. The fourth-order valence-electron chi connectivity index (χ4n) is 1.44. The highest BCUT2D eigenvalue weighted by atomic mass is 79.9. The van der Waals surface area contributed by atoms with Crippen LogP contribution in [0.15, 0.2) is 22.7 Å². The van der Waals surface area contributed by atoms with Crippen LogP contribution in [0.25, 0.3) is 0 Å². The van der Waals surface area contributed by atoms with E-state index in [0.717, 1.165) is 22.3 Å². The molecular weight excluding hydrogens is 307 g/mol. The van der Waals surface area contributed by atoms with E-state index in [1.807, 2.05) is 12.1 Å². The first kappa shape index (κ1) is 14.3. The zero-order valence-corrected chi connectivity index (χ0v) is 13.0. The van der Waals surface area contributed by atoms with E-state index in [1.54, 1.807) is 0 Å². The van der Waals surface area contributed by atoms with Crippen molar-refractivity contribution in [1.82, 2.24) is 0 Å². The van der Waals surface area contributed by atoms with Gasteiger partial charge in [0.15, 0.2) is 0 Å². The van der Waals surface area contributed by atoms with E-state index in [4.69, 9.17) is 23.2 Å². The van der Waals surface area contributed by atoms with E-state index in [1.165, 1.54) is 5.56 Å². The van der Waals surface area contributed by atoms with E-state index < -0.39 is 0 Å². The Hall–Kier alpha value is 0.280. The Labute approximate surface area is 116 Å². The molecule has 0 heterocycles. The van der Waals surface area contributed by atoms with Crippen molar-refractivity contribution in [1.29, 1.82) is 0 Å². The number of alkyl halides is 1. The van der Waals surface area contributed by atoms with Gasteiger partial charge in [0.1, 0.15) is 0 Å². The molecule has 0 N–H and O–H groups in total. The second-order valence-electron chi connectivity index (χ2n) is 5.11. The molecule has 0 spiro atoms. The summed E-state index contributed by atoms with van der Waals surface area (Å²) in [6, 6.07) is 6.00. The zero-order valence-electron chi connectivity index (χ0n) is 9.86. The topological polar surface area (TPSA) is 0 Å². The lowest BCUT2D eigenvalue weighted by Gasteiger charge is -2.25. The third-order valence-electron chi connectivity index (χ3n) is 2.62. The van der Waals surface area contributed by atoms with Gasteiger partial charge in [0.25, 0.3) is 0 Å². The SMILES string of the molecule is CC(C)(C)C(Cl)CCc1ccc(Br)cc1Cl. The van der Waals surface area contributed by atoms with Crippen LogP contribution in [0, 0.1) is 5.41 Å². The molecule has 1 atom stereocenters. The van der Waals surface area contributed by atoms with Crippen LogP contribution in [0.2, 0.25) is 5.02 Å². The molecule has 0 aliphatic rings. The van der Waals surface area contributed by atoms with Crippen molar-refractivity contribution in [2.24, 2.45) is 5.41 Å². The molecule has 0 saturated carbocycles. The van der Waals surface area contributed by atoms with Gasteiger partial charge in [-0.3, -0.25) is 0 Å². The Morgan fingerprint density at radius 2 is 1.94 bits per heavy atom. The maximum Gasteiger partial charge on any atom is 0.0449 e. The van der Waals surface area contributed by atoms with E-state index in [-0.39, 0.29) is 10.8 Å². The quantitative estimate of drug-likeness (QED) is 0.627. The van der Waals surface area contributed by atoms with Gasteiger partial charge in [-0.2, -0.15) is 0 Å². The number of benzene rings is 1. The van der Waals surface area contributed by atoms with Crippen LogP contribution in [0.4, 0.5) is 0 Å². The number of halogens is 3. The third-order valence-corrected chi connectivity index (χ3v) is 4.34. The van der Waals surface area contributed by atoms with Gasteiger partial charge in [-0.05, 0) is 36.0 Å². The van der Waals surface area contributed by atoms with E-state index in [9.17, 15) is 0 Å². The molecule has 1 aromatic carbocycles. The summed E-state index contributed by atoms with van der Waals surface area (Å²) in [6.07, 6.45) is 1.88. The Balaban J connectivity index is 2.62. The first-order valence-corrected chi connectivity index (χ1v) is 6.99. The number of rotatable bonds is 3. The fourth-order valence-corrected chi connectivity index (χ4v) is 2.32. The molecule has 1 rings (SSSR count). The maximum absolute atomic E-state index is 6.34. The molecule has 3 heteroatoms. The lowest BCUT2D eigenvalue weighted by molar-refractivity contribution is 0.374. The maximum atomic E-state index is 6.34. The molecule has 16 heavy (non-hydrogen) atoms. The van der Waals surface area contributed by atoms with Gasteiger partial charge in [0.05, 0.1) is 0 Å². The monoisotopic (exact) mass is 322 g/mol. The van der Waals surface area contributed by atoms with Gasteiger partial charge in [0.2, 0.25) is 0 Å². The van der Waals surface area contributed by atoms with E-state index in [0.29, 0.717) is 0 Å². The highest BCUT2D eigenvalue weighted by molar-refractivity contribution is 9.10. The highest BCUT2D eigenvalue weighted by Gasteiger charge is 2.21. The van der Waals surface area contributed by atoms with Crippen molar-refractivity contribution in [2.75, 3.05) is 0 Å². The normalized spacial score (nSPS) is 13.9. The van der Waals surface area contributed by atoms with Crippen molar-refractivity contribution in [3.05, 3.63) is 33.3 Å². The van der Waals surface area contributed by atoms with Gasteiger partial charge in [0, 0.05) is 14.9 Å². The summed E-state index contributed by atoms with van der Waals surface area (Å²) in [4.78, 5) is 0. The van der Waals surface area contributed by atoms with Gasteiger partial charge in [-0.1, -0.05) is 54.4 Å². The van der Waals surface area contributed by atoms with Crippen LogP contribution in [0.1, 0.15) is 32.8 Å². The van der Waals surface area contributed by atoms with Crippen molar-refractivity contribution in [2.45, 2.75) is 39.0 Å². The summed E-state index contributed by atoms with van der Waals surface area (Å²) in [5, 5.41) is 0.986. The van der Waals surface area contributed by atoms with Crippen molar-refractivity contribution < 1.29 is 0 Å². The number of hydrogen-bond donors (Lipinski definition) is 0. The standard InChI is InChI=1S/C13H17BrCl2/c1-13(2,3)12(16)7-5-9-4-6-10(14)8-11(9)15/h4,6,8,12H,5,7H2,1-3H3. The molecule has 0 radical (unpaired) electrons. The average molecular weight is 324 g/mol. The van der Waals surface area contributed by atoms with Crippen LogP contribution >= 0.6 is 39.1 Å². The summed E-state index contributed by atoms with van der Waals surface area (Å²) in [5.74, 6) is 0. The molecule has 1 unspecified atom stereocenters. The molecule has 1 aromatic rings. The van der Waals surface area contributed by atoms with E-state index in [2.05, 4.69) is 42.8 Å². The van der Waals surface area contributed by atoms with Crippen LogP contribution < -0.4 is 0 Å². The molecule has 0 aliphatic heterocycles. The molecule has 0 saturated heterocycles. The third kappa shape index (κ3) is 4.27. The van der Waals surface area contributed by atoms with Gasteiger partial charge in [-0.25, -0.2) is 0 Å². The summed E-state index contributed by atoms with van der Waals surface area (Å²) < 4.78 is 1.01. The Bertz CT molecular complexity index is 355. The number of aryl methyl sites for hydroxylation is 1. The molecule has 0 aliphatic carbocycles. The highest BCUT2D eigenvalue weighted by Crippen LogP contribution is 2.30. The summed E-state index contributed by atoms with van der Waals surface area (Å²) in [6.45, 7) is 6.48. The molecular formula is C13H17BrCl2.